The zero-order valence-electron chi connectivity index (χ0n) is 16.9. The Morgan fingerprint density at radius 1 is 1.21 bits per heavy atom. The summed E-state index contributed by atoms with van der Waals surface area (Å²) >= 11 is 6.52. The average Bonchev–Trinajstić information content (AvgIpc) is 3.63. The summed E-state index contributed by atoms with van der Waals surface area (Å²) in [6.07, 6.45) is 2.75. The Kier molecular flexibility index (Phi) is 5.85. The molecule has 2 N–H and O–H groups in total. The van der Waals surface area contributed by atoms with E-state index in [0.717, 1.165) is 26.4 Å². The van der Waals surface area contributed by atoms with Crippen LogP contribution in [-0.4, -0.2) is 34.3 Å². The standard InChI is InChI=1S/C22H16ClIN5O4/c23-15-8-13(29-22(32)28-19(31)11-26-29)7-14(16-9-24-16)20(15)33-21-25-10-18(30)17(27-21)6-12-4-2-1-3-5-12/h1-5,7-8,10-11,16,30H,6,9H2,(H,28,31,32)/q-1. The van der Waals surface area contributed by atoms with Crippen LogP contribution < -0.4 is 37.2 Å². The van der Waals surface area contributed by atoms with Gasteiger partial charge in [0.15, 0.2) is 0 Å². The molecule has 1 fully saturated rings. The Morgan fingerprint density at radius 2 is 2.00 bits per heavy atom. The van der Waals surface area contributed by atoms with Crippen molar-refractivity contribution >= 4 is 11.6 Å². The van der Waals surface area contributed by atoms with Crippen molar-refractivity contribution in [3.8, 4) is 23.2 Å². The molecule has 3 heterocycles. The third-order valence-corrected chi connectivity index (χ3v) is 7.61. The van der Waals surface area contributed by atoms with Crippen LogP contribution in [0.15, 0.2) is 64.4 Å². The van der Waals surface area contributed by atoms with Crippen LogP contribution in [0, 0.1) is 0 Å². The van der Waals surface area contributed by atoms with E-state index in [1.807, 2.05) is 30.3 Å². The number of hydrogen-bond donors (Lipinski definition) is 2. The number of aromatic hydroxyl groups is 1. The van der Waals surface area contributed by atoms with Crippen LogP contribution in [0.1, 0.15) is 20.7 Å². The molecule has 0 spiro atoms. The number of alkyl halides is 2. The molecule has 2 aromatic heterocycles. The fraction of sp³-hybridized carbons (Fsp3) is 0.136. The van der Waals surface area contributed by atoms with Gasteiger partial charge in [-0.25, -0.2) is 0 Å². The summed E-state index contributed by atoms with van der Waals surface area (Å²) < 4.78 is 8.45. The average molecular weight is 577 g/mol. The van der Waals surface area contributed by atoms with E-state index < -0.39 is 11.2 Å². The minimum atomic E-state index is -0.656. The second-order valence-corrected chi connectivity index (χ2v) is 10.9. The first-order chi connectivity index (χ1) is 16.0. The molecule has 33 heavy (non-hydrogen) atoms. The third kappa shape index (κ3) is 4.76. The van der Waals surface area contributed by atoms with E-state index in [2.05, 4.69) is 20.1 Å². The van der Waals surface area contributed by atoms with Crippen molar-refractivity contribution in [3.63, 3.8) is 0 Å². The van der Waals surface area contributed by atoms with Crippen molar-refractivity contribution in [2.75, 3.05) is 4.43 Å². The van der Waals surface area contributed by atoms with Crippen molar-refractivity contribution in [1.29, 1.82) is 0 Å². The molecule has 0 bridgehead atoms. The maximum atomic E-state index is 12.2. The van der Waals surface area contributed by atoms with Crippen LogP contribution in [-0.2, 0) is 6.42 Å². The Morgan fingerprint density at radius 3 is 2.73 bits per heavy atom. The van der Waals surface area contributed by atoms with Crippen LogP contribution in [0.5, 0.6) is 17.5 Å². The van der Waals surface area contributed by atoms with Gasteiger partial charge in [0, 0.05) is 0 Å². The summed E-state index contributed by atoms with van der Waals surface area (Å²) in [4.78, 5) is 34.2. The van der Waals surface area contributed by atoms with E-state index in [-0.39, 0.29) is 38.0 Å². The number of halogens is 2. The summed E-state index contributed by atoms with van der Waals surface area (Å²) in [7, 11) is 0. The second kappa shape index (κ2) is 8.94. The first kappa shape index (κ1) is 21.6. The summed E-state index contributed by atoms with van der Waals surface area (Å²) in [5.74, 6) is 0.390. The minimum absolute atomic E-state index is 0.0237. The van der Waals surface area contributed by atoms with Crippen LogP contribution in [0.25, 0.3) is 5.69 Å². The first-order valence-corrected chi connectivity index (χ1v) is 13.0. The number of hydrogen-bond acceptors (Lipinski definition) is 7. The van der Waals surface area contributed by atoms with Gasteiger partial charge in [0.1, 0.15) is 0 Å². The second-order valence-electron chi connectivity index (χ2n) is 7.22. The number of rotatable bonds is 6. The maximum absolute atomic E-state index is 12.2. The van der Waals surface area contributed by atoms with Gasteiger partial charge >= 0.3 is 203 Å². The summed E-state index contributed by atoms with van der Waals surface area (Å²) in [5, 5.41) is 14.4. The number of nitrogens with zero attached hydrogens (tertiary/aromatic N) is 4. The number of aromatic nitrogens is 5. The monoisotopic (exact) mass is 576 g/mol. The molecule has 4 aromatic rings. The molecule has 2 aromatic carbocycles. The molecular formula is C22H16ClIN5O4-. The van der Waals surface area contributed by atoms with Gasteiger partial charge < -0.3 is 0 Å². The van der Waals surface area contributed by atoms with E-state index in [0.29, 0.717) is 27.5 Å². The Balaban J connectivity index is 1.50. The molecule has 0 amide bonds. The van der Waals surface area contributed by atoms with Gasteiger partial charge in [-0.3, -0.25) is 0 Å². The molecule has 0 saturated carbocycles. The van der Waals surface area contributed by atoms with Gasteiger partial charge in [-0.1, -0.05) is 0 Å². The number of benzene rings is 2. The van der Waals surface area contributed by atoms with E-state index in [4.69, 9.17) is 16.3 Å². The normalized spacial score (nSPS) is 15.0. The summed E-state index contributed by atoms with van der Waals surface area (Å²) in [5.41, 5.74) is 1.45. The van der Waals surface area contributed by atoms with Crippen LogP contribution in [0.2, 0.25) is 5.02 Å². The summed E-state index contributed by atoms with van der Waals surface area (Å²) in [6.45, 7) is 0. The molecular weight excluding hydrogens is 561 g/mol. The zero-order valence-corrected chi connectivity index (χ0v) is 19.8. The van der Waals surface area contributed by atoms with E-state index in [1.54, 1.807) is 12.1 Å². The molecule has 0 aliphatic carbocycles. The summed E-state index contributed by atoms with van der Waals surface area (Å²) in [6, 6.07) is 13.0. The van der Waals surface area contributed by atoms with Crippen LogP contribution in [0.3, 0.4) is 0 Å². The fourth-order valence-electron chi connectivity index (χ4n) is 3.26. The molecule has 1 saturated heterocycles. The number of aromatic amines is 1. The molecule has 11 heteroatoms. The van der Waals surface area contributed by atoms with Crippen molar-refractivity contribution in [1.82, 2.24) is 24.7 Å². The van der Waals surface area contributed by atoms with E-state index >= 15 is 0 Å². The SMILES string of the molecule is O=c1cnn(-c2cc(Cl)c(Oc3ncc(O)c(Cc4ccccc4)n3)c(C3C[I-]3)c2)c(=O)[nH]1. The molecule has 0 radical (unpaired) electrons. The quantitative estimate of drug-likeness (QED) is 0.237. The van der Waals surface area contributed by atoms with Gasteiger partial charge in [0.05, 0.1) is 0 Å². The molecule has 1 atom stereocenters. The fourth-order valence-corrected chi connectivity index (χ4v) is 5.19. The molecule has 9 nitrogen and oxygen atoms in total. The van der Waals surface area contributed by atoms with Gasteiger partial charge in [-0.05, 0) is 0 Å². The number of nitrogens with one attached hydrogen (secondary N) is 1. The topological polar surface area (TPSA) is 123 Å². The van der Waals surface area contributed by atoms with E-state index in [1.165, 1.54) is 6.20 Å². The zero-order chi connectivity index (χ0) is 22.9. The van der Waals surface area contributed by atoms with Crippen molar-refractivity contribution in [2.24, 2.45) is 0 Å². The van der Waals surface area contributed by atoms with Crippen LogP contribution >= 0.6 is 11.6 Å². The van der Waals surface area contributed by atoms with Gasteiger partial charge in [-0.15, -0.1) is 0 Å². The third-order valence-electron chi connectivity index (χ3n) is 4.89. The molecule has 1 aliphatic rings. The van der Waals surface area contributed by atoms with Gasteiger partial charge in [-0.2, -0.15) is 0 Å². The molecule has 1 aliphatic heterocycles. The Labute approximate surface area is 202 Å². The molecule has 5 rings (SSSR count). The molecule has 168 valence electrons. The predicted octanol–water partition coefficient (Wildman–Crippen LogP) is -0.403. The first-order valence-electron chi connectivity index (χ1n) is 9.85. The van der Waals surface area contributed by atoms with Gasteiger partial charge in [0.2, 0.25) is 0 Å². The Bertz CT molecular complexity index is 1450. The van der Waals surface area contributed by atoms with Crippen molar-refractivity contribution in [2.45, 2.75) is 10.3 Å². The van der Waals surface area contributed by atoms with Crippen molar-refractivity contribution in [3.05, 3.63) is 97.5 Å². The van der Waals surface area contributed by atoms with E-state index in [9.17, 15) is 14.7 Å². The van der Waals surface area contributed by atoms with Crippen LogP contribution in [0.4, 0.5) is 0 Å². The number of ether oxygens (including phenoxy) is 1. The number of H-pyrrole nitrogens is 1. The molecule has 1 unspecified atom stereocenters. The Hall–Kier alpha value is -3.25. The van der Waals surface area contributed by atoms with Crippen molar-refractivity contribution < 1.29 is 31.0 Å². The van der Waals surface area contributed by atoms with Gasteiger partial charge in [0.25, 0.3) is 0 Å². The predicted molar refractivity (Wildman–Crippen MR) is 116 cm³/mol.